The molecular weight excluding hydrogens is 290 g/mol. The number of aromatic nitrogens is 3. The minimum atomic E-state index is -0.0620. The molecule has 1 saturated heterocycles. The number of hydrogen-bond donors (Lipinski definition) is 1. The van der Waals surface area contributed by atoms with Crippen molar-refractivity contribution in [2.24, 2.45) is 0 Å². The van der Waals surface area contributed by atoms with E-state index in [9.17, 15) is 4.79 Å². The van der Waals surface area contributed by atoms with E-state index in [1.165, 1.54) is 11.3 Å². The molecule has 2 aromatic heterocycles. The van der Waals surface area contributed by atoms with Gasteiger partial charge in [-0.3, -0.25) is 9.69 Å². The maximum Gasteiger partial charge on any atom is 0.243 e. The van der Waals surface area contributed by atoms with Crippen LogP contribution in [0, 0.1) is 6.92 Å². The second-order valence-corrected chi connectivity index (χ2v) is 5.94. The van der Waals surface area contributed by atoms with Crippen LogP contribution in [0.5, 0.6) is 0 Å². The van der Waals surface area contributed by atoms with Gasteiger partial charge in [-0.2, -0.15) is 4.98 Å². The van der Waals surface area contributed by atoms with Crippen LogP contribution in [0.4, 0.5) is 5.13 Å². The van der Waals surface area contributed by atoms with Crippen molar-refractivity contribution in [3.8, 4) is 0 Å². The highest BCUT2D eigenvalue weighted by Gasteiger charge is 2.29. The normalized spacial score (nSPS) is 19.6. The Kier molecular flexibility index (Phi) is 4.26. The van der Waals surface area contributed by atoms with Crippen molar-refractivity contribution >= 4 is 22.4 Å². The van der Waals surface area contributed by atoms with E-state index in [-0.39, 0.29) is 11.9 Å². The van der Waals surface area contributed by atoms with E-state index < -0.39 is 0 Å². The largest absolute Gasteiger partial charge is 0.338 e. The zero-order chi connectivity index (χ0) is 14.7. The zero-order valence-corrected chi connectivity index (χ0v) is 12.6. The monoisotopic (exact) mass is 307 g/mol. The molecule has 8 heteroatoms. The van der Waals surface area contributed by atoms with Crippen molar-refractivity contribution < 1.29 is 9.32 Å². The van der Waals surface area contributed by atoms with Crippen molar-refractivity contribution in [3.63, 3.8) is 0 Å². The van der Waals surface area contributed by atoms with E-state index in [1.807, 2.05) is 5.38 Å². The lowest BCUT2D eigenvalue weighted by Crippen LogP contribution is -2.39. The van der Waals surface area contributed by atoms with Crippen LogP contribution in [0.3, 0.4) is 0 Å². The Hall–Kier alpha value is -1.80. The molecule has 0 aliphatic carbocycles. The quantitative estimate of drug-likeness (QED) is 0.930. The van der Waals surface area contributed by atoms with Gasteiger partial charge in [-0.1, -0.05) is 11.6 Å². The first-order valence-electron chi connectivity index (χ1n) is 6.96. The number of carbonyl (C=O) groups excluding carboxylic acids is 1. The number of carbonyl (C=O) groups is 1. The number of anilines is 1. The number of hydrogen-bond acceptors (Lipinski definition) is 7. The number of amides is 1. The third-order valence-corrected chi connectivity index (χ3v) is 4.16. The van der Waals surface area contributed by atoms with Crippen molar-refractivity contribution in [2.75, 3.05) is 18.4 Å². The molecule has 0 aromatic carbocycles. The first-order chi connectivity index (χ1) is 10.2. The topological polar surface area (TPSA) is 84.2 Å². The lowest BCUT2D eigenvalue weighted by atomic mass is 10.0. The minimum Gasteiger partial charge on any atom is -0.338 e. The lowest BCUT2D eigenvalue weighted by molar-refractivity contribution is -0.118. The van der Waals surface area contributed by atoms with Crippen LogP contribution in [0.1, 0.15) is 37.0 Å². The van der Waals surface area contributed by atoms with Crippen molar-refractivity contribution in [3.05, 3.63) is 23.3 Å². The molecule has 0 saturated carbocycles. The number of rotatable bonds is 4. The first kappa shape index (κ1) is 14.2. The number of aryl methyl sites for hydroxylation is 1. The van der Waals surface area contributed by atoms with E-state index >= 15 is 0 Å². The van der Waals surface area contributed by atoms with Crippen LogP contribution >= 0.6 is 11.3 Å². The predicted molar refractivity (Wildman–Crippen MR) is 77.9 cm³/mol. The van der Waals surface area contributed by atoms with Gasteiger partial charge in [0.15, 0.2) is 11.0 Å². The molecule has 2 aromatic rings. The Morgan fingerprint density at radius 3 is 3.19 bits per heavy atom. The Balaban J connectivity index is 1.65. The van der Waals surface area contributed by atoms with Gasteiger partial charge in [-0.15, -0.1) is 11.3 Å². The molecule has 1 atom stereocenters. The van der Waals surface area contributed by atoms with Gasteiger partial charge in [-0.05, 0) is 26.3 Å². The summed E-state index contributed by atoms with van der Waals surface area (Å²) >= 11 is 1.41. The summed E-state index contributed by atoms with van der Waals surface area (Å²) in [5.41, 5.74) is 0. The fraction of sp³-hybridized carbons (Fsp3) is 0.538. The lowest BCUT2D eigenvalue weighted by Gasteiger charge is -2.32. The zero-order valence-electron chi connectivity index (χ0n) is 11.8. The van der Waals surface area contributed by atoms with E-state index in [1.54, 1.807) is 13.1 Å². The summed E-state index contributed by atoms with van der Waals surface area (Å²) in [5.74, 6) is 1.17. The molecule has 1 aliphatic heterocycles. The highest BCUT2D eigenvalue weighted by Crippen LogP contribution is 2.29. The van der Waals surface area contributed by atoms with E-state index in [2.05, 4.69) is 25.3 Å². The average Bonchev–Trinajstić information content (AvgIpc) is 3.11. The molecule has 112 valence electrons. The van der Waals surface area contributed by atoms with Gasteiger partial charge in [0.1, 0.15) is 0 Å². The molecule has 0 spiro atoms. The fourth-order valence-corrected chi connectivity index (χ4v) is 3.08. The Morgan fingerprint density at radius 2 is 2.48 bits per heavy atom. The molecule has 1 fully saturated rings. The third kappa shape index (κ3) is 3.45. The molecule has 1 N–H and O–H groups in total. The highest BCUT2D eigenvalue weighted by atomic mass is 32.1. The number of nitrogens with one attached hydrogen (secondary N) is 1. The molecule has 7 nitrogen and oxygen atoms in total. The van der Waals surface area contributed by atoms with Crippen LogP contribution in [0.15, 0.2) is 16.1 Å². The molecule has 1 amide bonds. The molecule has 3 rings (SSSR count). The second kappa shape index (κ2) is 6.31. The van der Waals surface area contributed by atoms with Gasteiger partial charge in [-0.25, -0.2) is 4.98 Å². The Morgan fingerprint density at radius 1 is 1.57 bits per heavy atom. The number of piperidine rings is 1. The van der Waals surface area contributed by atoms with Gasteiger partial charge in [0.25, 0.3) is 0 Å². The molecule has 1 aliphatic rings. The second-order valence-electron chi connectivity index (χ2n) is 5.05. The van der Waals surface area contributed by atoms with Crippen LogP contribution in [-0.2, 0) is 4.79 Å². The molecule has 21 heavy (non-hydrogen) atoms. The number of likely N-dealkylation sites (tertiary alicyclic amines) is 1. The van der Waals surface area contributed by atoms with Crippen molar-refractivity contribution in [1.82, 2.24) is 20.0 Å². The summed E-state index contributed by atoms with van der Waals surface area (Å²) in [5, 5.41) is 9.11. The molecule has 0 radical (unpaired) electrons. The summed E-state index contributed by atoms with van der Waals surface area (Å²) in [6.07, 6.45) is 4.79. The maximum atomic E-state index is 12.1. The fourth-order valence-electron chi connectivity index (χ4n) is 2.54. The minimum absolute atomic E-state index is 0.0296. The van der Waals surface area contributed by atoms with E-state index in [0.717, 1.165) is 25.8 Å². The third-order valence-electron chi connectivity index (χ3n) is 3.47. The molecule has 0 bridgehead atoms. The first-order valence-corrected chi connectivity index (χ1v) is 7.84. The van der Waals surface area contributed by atoms with Gasteiger partial charge in [0.2, 0.25) is 11.8 Å². The van der Waals surface area contributed by atoms with Gasteiger partial charge < -0.3 is 9.84 Å². The average molecular weight is 307 g/mol. The van der Waals surface area contributed by atoms with Gasteiger partial charge in [0, 0.05) is 11.6 Å². The summed E-state index contributed by atoms with van der Waals surface area (Å²) in [7, 11) is 0. The number of thiazole rings is 1. The summed E-state index contributed by atoms with van der Waals surface area (Å²) < 4.78 is 5.28. The molecule has 3 heterocycles. The Bertz CT molecular complexity index is 597. The SMILES string of the molecule is Cc1noc([C@@H]2CCCCN2CC(=O)Nc2nccs2)n1. The molecular formula is C13H17N5O2S. The van der Waals surface area contributed by atoms with Crippen LogP contribution in [0.25, 0.3) is 0 Å². The Labute approximate surface area is 126 Å². The van der Waals surface area contributed by atoms with Crippen LogP contribution in [-0.4, -0.2) is 39.0 Å². The van der Waals surface area contributed by atoms with E-state index in [4.69, 9.17) is 4.52 Å². The molecule has 0 unspecified atom stereocenters. The van der Waals surface area contributed by atoms with Gasteiger partial charge in [0.05, 0.1) is 12.6 Å². The van der Waals surface area contributed by atoms with Crippen molar-refractivity contribution in [2.45, 2.75) is 32.2 Å². The van der Waals surface area contributed by atoms with Gasteiger partial charge >= 0.3 is 0 Å². The summed E-state index contributed by atoms with van der Waals surface area (Å²) in [6, 6.07) is 0.0296. The van der Waals surface area contributed by atoms with Crippen molar-refractivity contribution in [1.29, 1.82) is 0 Å². The summed E-state index contributed by atoms with van der Waals surface area (Å²) in [6.45, 7) is 2.97. The number of nitrogens with zero attached hydrogens (tertiary/aromatic N) is 4. The smallest absolute Gasteiger partial charge is 0.243 e. The van der Waals surface area contributed by atoms with Crippen LogP contribution in [0.2, 0.25) is 0 Å². The summed E-state index contributed by atoms with van der Waals surface area (Å²) in [4.78, 5) is 22.6. The van der Waals surface area contributed by atoms with E-state index in [0.29, 0.717) is 23.4 Å². The maximum absolute atomic E-state index is 12.1. The highest BCUT2D eigenvalue weighted by molar-refractivity contribution is 7.13. The van der Waals surface area contributed by atoms with Crippen LogP contribution < -0.4 is 5.32 Å². The predicted octanol–water partition coefficient (Wildman–Crippen LogP) is 2.00. The standard InChI is InChI=1S/C13H17N5O2S/c1-9-15-12(20-17-9)10-4-2-3-6-18(10)8-11(19)16-13-14-5-7-21-13/h5,7,10H,2-4,6,8H2,1H3,(H,14,16,19)/t10-/m0/s1.